The smallest absolute Gasteiger partial charge is 0.247 e. The summed E-state index contributed by atoms with van der Waals surface area (Å²) in [4.78, 5) is 18.6. The Bertz CT molecular complexity index is 1120. The minimum atomic E-state index is -1.16. The van der Waals surface area contributed by atoms with Crippen LogP contribution in [0.3, 0.4) is 0 Å². The van der Waals surface area contributed by atoms with Crippen LogP contribution in [-0.2, 0) is 4.79 Å². The first-order valence-electron chi connectivity index (χ1n) is 9.74. The number of hydrogen-bond donors (Lipinski definition) is 0. The van der Waals surface area contributed by atoms with Crippen LogP contribution in [0.5, 0.6) is 5.88 Å². The van der Waals surface area contributed by atoms with E-state index in [1.54, 1.807) is 24.3 Å². The van der Waals surface area contributed by atoms with E-state index in [-0.39, 0.29) is 22.4 Å². The topological polar surface area (TPSA) is 68.2 Å². The van der Waals surface area contributed by atoms with Gasteiger partial charge in [0.15, 0.2) is 5.69 Å². The molecule has 1 aromatic heterocycles. The Labute approximate surface area is 188 Å². The van der Waals surface area contributed by atoms with Gasteiger partial charge in [-0.3, -0.25) is 9.69 Å². The van der Waals surface area contributed by atoms with Gasteiger partial charge in [-0.25, -0.2) is 4.39 Å². The number of aromatic nitrogens is 3. The van der Waals surface area contributed by atoms with Gasteiger partial charge in [-0.15, -0.1) is 10.2 Å². The van der Waals surface area contributed by atoms with Crippen molar-refractivity contribution in [2.75, 3.05) is 10.7 Å². The molecule has 31 heavy (non-hydrogen) atoms. The van der Waals surface area contributed by atoms with E-state index in [9.17, 15) is 9.18 Å². The third-order valence-corrected chi connectivity index (χ3v) is 6.24. The largest absolute Gasteiger partial charge is 0.447 e. The molecule has 0 N–H and O–H groups in total. The second-order valence-corrected chi connectivity index (χ2v) is 8.86. The molecule has 1 amide bonds. The molecule has 2 aromatic carbocycles. The molecule has 6 nitrogen and oxygen atoms in total. The van der Waals surface area contributed by atoms with Gasteiger partial charge in [-0.2, -0.15) is 4.98 Å². The van der Waals surface area contributed by atoms with E-state index in [0.717, 1.165) is 5.75 Å². The molecule has 1 atom stereocenters. The molecular weight excluding hydrogens is 439 g/mol. The highest BCUT2D eigenvalue weighted by Crippen LogP contribution is 2.44. The van der Waals surface area contributed by atoms with Crippen molar-refractivity contribution in [2.24, 2.45) is 5.92 Å². The highest BCUT2D eigenvalue weighted by atomic mass is 35.5. The van der Waals surface area contributed by atoms with Crippen LogP contribution >= 0.6 is 23.4 Å². The maximum atomic E-state index is 14.9. The number of nitrogens with zero attached hydrogens (tertiary/aromatic N) is 4. The molecule has 0 fully saturated rings. The van der Waals surface area contributed by atoms with Crippen LogP contribution < -0.4 is 9.64 Å². The van der Waals surface area contributed by atoms with Crippen molar-refractivity contribution in [3.8, 4) is 17.1 Å². The zero-order valence-corrected chi connectivity index (χ0v) is 18.7. The lowest BCUT2D eigenvalue weighted by atomic mass is 10.1. The Morgan fingerprint density at radius 2 is 2.00 bits per heavy atom. The van der Waals surface area contributed by atoms with Crippen LogP contribution in [-0.4, -0.2) is 26.8 Å². The number of rotatable bonds is 4. The average Bonchev–Trinajstić information content (AvgIpc) is 2.86. The number of para-hydroxylation sites is 1. The molecule has 0 bridgehead atoms. The number of carbonyl (C=O) groups excluding carboxylic acids is 1. The Morgan fingerprint density at radius 3 is 2.71 bits per heavy atom. The van der Waals surface area contributed by atoms with Crippen LogP contribution in [0.15, 0.2) is 47.6 Å². The molecule has 0 spiro atoms. The lowest BCUT2D eigenvalue weighted by molar-refractivity contribution is -0.118. The van der Waals surface area contributed by atoms with Crippen molar-refractivity contribution in [3.05, 3.63) is 58.9 Å². The Hall–Kier alpha value is -2.71. The Kier molecular flexibility index (Phi) is 6.11. The third-order valence-electron chi connectivity index (χ3n) is 4.64. The molecular formula is C22H20ClFN4O2S. The molecule has 2 heterocycles. The third kappa shape index (κ3) is 4.22. The molecule has 0 saturated carbocycles. The fourth-order valence-electron chi connectivity index (χ4n) is 3.29. The minimum absolute atomic E-state index is 0.0528. The zero-order valence-electron chi connectivity index (χ0n) is 17.2. The van der Waals surface area contributed by atoms with Gasteiger partial charge in [0.2, 0.25) is 23.2 Å². The molecule has 1 aliphatic rings. The van der Waals surface area contributed by atoms with Gasteiger partial charge in [0, 0.05) is 18.2 Å². The van der Waals surface area contributed by atoms with E-state index in [2.05, 4.69) is 29.0 Å². The van der Waals surface area contributed by atoms with Crippen molar-refractivity contribution in [1.29, 1.82) is 0 Å². The summed E-state index contributed by atoms with van der Waals surface area (Å²) in [5.74, 6) is 0.487. The monoisotopic (exact) mass is 458 g/mol. The number of carbonyl (C=O) groups is 1. The highest BCUT2D eigenvalue weighted by Gasteiger charge is 2.37. The van der Waals surface area contributed by atoms with Crippen molar-refractivity contribution >= 4 is 35.0 Å². The zero-order chi connectivity index (χ0) is 22.1. The molecule has 0 saturated heterocycles. The number of hydrogen-bond acceptors (Lipinski definition) is 6. The van der Waals surface area contributed by atoms with Crippen LogP contribution in [0, 0.1) is 11.7 Å². The first-order valence-corrected chi connectivity index (χ1v) is 11.1. The van der Waals surface area contributed by atoms with E-state index in [0.29, 0.717) is 28.0 Å². The molecule has 1 aliphatic heterocycles. The number of fused-ring (bicyclic) bond motifs is 3. The summed E-state index contributed by atoms with van der Waals surface area (Å²) in [6, 6.07) is 11.5. The number of benzene rings is 2. The van der Waals surface area contributed by atoms with E-state index in [1.165, 1.54) is 35.7 Å². The highest BCUT2D eigenvalue weighted by molar-refractivity contribution is 7.99. The predicted molar refractivity (Wildman–Crippen MR) is 119 cm³/mol. The van der Waals surface area contributed by atoms with Crippen molar-refractivity contribution in [1.82, 2.24) is 15.2 Å². The van der Waals surface area contributed by atoms with Crippen molar-refractivity contribution in [3.63, 3.8) is 0 Å². The second-order valence-electron chi connectivity index (χ2n) is 7.46. The summed E-state index contributed by atoms with van der Waals surface area (Å²) >= 11 is 7.80. The summed E-state index contributed by atoms with van der Waals surface area (Å²) in [6.07, 6.45) is -1.16. The second kappa shape index (κ2) is 8.80. The minimum Gasteiger partial charge on any atom is -0.447 e. The van der Waals surface area contributed by atoms with Gasteiger partial charge >= 0.3 is 0 Å². The van der Waals surface area contributed by atoms with Gasteiger partial charge in [0.25, 0.3) is 0 Å². The first-order chi connectivity index (χ1) is 14.9. The van der Waals surface area contributed by atoms with Gasteiger partial charge < -0.3 is 4.74 Å². The Morgan fingerprint density at radius 1 is 1.23 bits per heavy atom. The quantitative estimate of drug-likeness (QED) is 0.479. The fourth-order valence-corrected chi connectivity index (χ4v) is 4.27. The lowest BCUT2D eigenvalue weighted by Gasteiger charge is -2.30. The predicted octanol–water partition coefficient (Wildman–Crippen LogP) is 5.52. The van der Waals surface area contributed by atoms with Gasteiger partial charge in [0.1, 0.15) is 5.82 Å². The summed E-state index contributed by atoms with van der Waals surface area (Å²) < 4.78 is 21.1. The van der Waals surface area contributed by atoms with E-state index in [4.69, 9.17) is 16.3 Å². The molecule has 9 heteroatoms. The maximum Gasteiger partial charge on any atom is 0.247 e. The maximum absolute atomic E-state index is 14.9. The fraction of sp³-hybridized carbons (Fsp3) is 0.273. The number of ether oxygens (including phenoxy) is 1. The molecule has 1 unspecified atom stereocenters. The van der Waals surface area contributed by atoms with E-state index in [1.807, 2.05) is 6.07 Å². The van der Waals surface area contributed by atoms with Crippen LogP contribution in [0.2, 0.25) is 5.02 Å². The lowest BCUT2D eigenvalue weighted by Crippen LogP contribution is -2.36. The Balaban J connectivity index is 1.92. The SMILES string of the molecule is CC(=O)N1c2ccccc2-c2nnc(SCC(C)C)nc2OC1c1c(F)cccc1Cl. The van der Waals surface area contributed by atoms with Crippen molar-refractivity contribution < 1.29 is 13.9 Å². The normalized spacial score (nSPS) is 15.2. The number of amides is 1. The average molecular weight is 459 g/mol. The van der Waals surface area contributed by atoms with Crippen LogP contribution in [0.4, 0.5) is 10.1 Å². The van der Waals surface area contributed by atoms with Gasteiger partial charge in [-0.05, 0) is 24.1 Å². The van der Waals surface area contributed by atoms with Crippen molar-refractivity contribution in [2.45, 2.75) is 32.2 Å². The number of anilines is 1. The van der Waals surface area contributed by atoms with Crippen LogP contribution in [0.1, 0.15) is 32.6 Å². The van der Waals surface area contributed by atoms with Gasteiger partial charge in [-0.1, -0.05) is 61.5 Å². The number of halogens is 2. The summed E-state index contributed by atoms with van der Waals surface area (Å²) in [5.41, 5.74) is 1.56. The summed E-state index contributed by atoms with van der Waals surface area (Å²) in [5, 5.41) is 9.16. The van der Waals surface area contributed by atoms with Gasteiger partial charge in [0.05, 0.1) is 16.3 Å². The molecule has 160 valence electrons. The summed E-state index contributed by atoms with van der Waals surface area (Å²) in [6.45, 7) is 5.58. The molecule has 4 rings (SSSR count). The summed E-state index contributed by atoms with van der Waals surface area (Å²) in [7, 11) is 0. The molecule has 0 radical (unpaired) electrons. The molecule has 0 aliphatic carbocycles. The molecule has 3 aromatic rings. The standard InChI is InChI=1S/C22H20ClFN4O2S/c1-12(2)11-31-22-25-20-19(26-27-22)14-7-4-5-10-17(14)28(13(3)29)21(30-20)18-15(23)8-6-9-16(18)24/h4-10,12,21H,11H2,1-3H3. The van der Waals surface area contributed by atoms with E-state index >= 15 is 0 Å². The number of thioether (sulfide) groups is 1. The van der Waals surface area contributed by atoms with Crippen LogP contribution in [0.25, 0.3) is 11.3 Å². The van der Waals surface area contributed by atoms with E-state index < -0.39 is 12.0 Å². The first kappa shape index (κ1) is 21.5.